The smallest absolute Gasteiger partial charge is 0.333 e. The Labute approximate surface area is 210 Å². The molecule has 1 aliphatic carbocycles. The van der Waals surface area contributed by atoms with Crippen molar-refractivity contribution >= 4 is 23.6 Å². The van der Waals surface area contributed by atoms with Crippen LogP contribution in [0.25, 0.3) is 0 Å². The van der Waals surface area contributed by atoms with Crippen molar-refractivity contribution in [3.8, 4) is 5.75 Å². The largest absolute Gasteiger partial charge is 0.508 e. The minimum absolute atomic E-state index is 0.0325. The van der Waals surface area contributed by atoms with E-state index in [0.717, 1.165) is 11.1 Å². The topological polar surface area (TPSA) is 109 Å². The van der Waals surface area contributed by atoms with Gasteiger partial charge in [-0.2, -0.15) is 0 Å². The molecule has 36 heavy (non-hydrogen) atoms. The first-order chi connectivity index (χ1) is 17.2. The highest BCUT2D eigenvalue weighted by Crippen LogP contribution is 2.29. The Morgan fingerprint density at radius 1 is 1.28 bits per heavy atom. The van der Waals surface area contributed by atoms with Gasteiger partial charge in [-0.25, -0.2) is 14.8 Å². The van der Waals surface area contributed by atoms with Gasteiger partial charge in [0.25, 0.3) is 0 Å². The number of amides is 4. The molecule has 1 aromatic carbocycles. The van der Waals surface area contributed by atoms with Crippen molar-refractivity contribution in [2.75, 3.05) is 33.7 Å². The lowest BCUT2D eigenvalue weighted by atomic mass is 9.95. The van der Waals surface area contributed by atoms with Crippen molar-refractivity contribution in [2.45, 2.75) is 18.6 Å². The molecule has 0 bridgehead atoms. The standard InChI is InChI=1S/C26H30N6O4/c1-5-28-24-17(2)7-6-8-19(24)14-30-15-22-31(23(34)16-29(4)32(22)26(36)27-3)21(25(30)35)13-18-9-11-20(33)12-10-18/h5-12,21-22,33H,1-2,13-16H2,3-4H3,(H,27,36)/t21-,22?/m0/s1. The quantitative estimate of drug-likeness (QED) is 0.649. The number of fused-ring (bicyclic) bond motifs is 1. The molecular formula is C26H30N6O4. The van der Waals surface area contributed by atoms with Gasteiger partial charge in [0.15, 0.2) is 0 Å². The summed E-state index contributed by atoms with van der Waals surface area (Å²) in [4.78, 5) is 47.5. The summed E-state index contributed by atoms with van der Waals surface area (Å²) < 4.78 is 0. The molecule has 188 valence electrons. The normalized spacial score (nSPS) is 23.6. The number of carbonyl (C=O) groups is 3. The van der Waals surface area contributed by atoms with E-state index < -0.39 is 12.2 Å². The number of urea groups is 1. The Hall–Kier alpha value is -4.18. The molecule has 4 rings (SSSR count). The number of aliphatic imine (C=N–C) groups is 1. The van der Waals surface area contributed by atoms with E-state index in [4.69, 9.17) is 0 Å². The molecule has 10 nitrogen and oxygen atoms in total. The van der Waals surface area contributed by atoms with Gasteiger partial charge < -0.3 is 20.2 Å². The summed E-state index contributed by atoms with van der Waals surface area (Å²) in [7, 11) is 3.20. The average Bonchev–Trinajstić information content (AvgIpc) is 2.84. The van der Waals surface area contributed by atoms with Crippen LogP contribution < -0.4 is 5.32 Å². The Morgan fingerprint density at radius 3 is 2.67 bits per heavy atom. The van der Waals surface area contributed by atoms with Gasteiger partial charge in [-0.1, -0.05) is 43.5 Å². The van der Waals surface area contributed by atoms with Crippen LogP contribution in [-0.2, 0) is 16.0 Å². The highest BCUT2D eigenvalue weighted by Gasteiger charge is 2.50. The molecule has 0 spiro atoms. The SMILES string of the molecule is C=CN=C1C(=C)C=CC=C1CN1CC2N(C(=O)CN(C)N2C(=O)NC)[C@@H](Cc2ccc(O)cc2)C1=O. The zero-order chi connectivity index (χ0) is 26.0. The predicted molar refractivity (Wildman–Crippen MR) is 136 cm³/mol. The number of carbonyl (C=O) groups excluding carboxylic acids is 3. The lowest BCUT2D eigenvalue weighted by Gasteiger charge is -2.54. The molecule has 2 fully saturated rings. The van der Waals surface area contributed by atoms with Crippen LogP contribution in [0.5, 0.6) is 5.75 Å². The fraction of sp³-hybridized carbons (Fsp3) is 0.308. The number of hydrogen-bond acceptors (Lipinski definition) is 6. The Morgan fingerprint density at radius 2 is 2.00 bits per heavy atom. The number of likely N-dealkylation sites (N-methyl/N-ethyl adjacent to an activating group) is 1. The molecule has 2 saturated heterocycles. The number of allylic oxidation sites excluding steroid dienone is 4. The Kier molecular flexibility index (Phi) is 7.07. The van der Waals surface area contributed by atoms with E-state index in [1.165, 1.54) is 23.2 Å². The third kappa shape index (κ3) is 4.67. The van der Waals surface area contributed by atoms with E-state index in [0.29, 0.717) is 11.3 Å². The highest BCUT2D eigenvalue weighted by atomic mass is 16.3. The van der Waals surface area contributed by atoms with E-state index >= 15 is 0 Å². The molecular weight excluding hydrogens is 460 g/mol. The first kappa shape index (κ1) is 24.9. The molecule has 2 heterocycles. The monoisotopic (exact) mass is 490 g/mol. The van der Waals surface area contributed by atoms with Crippen LogP contribution in [-0.4, -0.2) is 94.4 Å². The van der Waals surface area contributed by atoms with Gasteiger partial charge in [-0.15, -0.1) is 0 Å². The van der Waals surface area contributed by atoms with Crippen LogP contribution in [0.15, 0.2) is 78.0 Å². The predicted octanol–water partition coefficient (Wildman–Crippen LogP) is 1.44. The summed E-state index contributed by atoms with van der Waals surface area (Å²) in [5.74, 6) is -0.351. The van der Waals surface area contributed by atoms with Crippen molar-refractivity contribution in [3.63, 3.8) is 0 Å². The second-order valence-corrected chi connectivity index (χ2v) is 8.84. The minimum atomic E-state index is -0.829. The molecule has 2 aliphatic heterocycles. The van der Waals surface area contributed by atoms with Crippen LogP contribution in [0.3, 0.4) is 0 Å². The average molecular weight is 491 g/mol. The van der Waals surface area contributed by atoms with Gasteiger partial charge in [0, 0.05) is 33.3 Å². The third-order valence-corrected chi connectivity index (χ3v) is 6.51. The van der Waals surface area contributed by atoms with Gasteiger partial charge in [0.2, 0.25) is 11.8 Å². The van der Waals surface area contributed by atoms with Crippen LogP contribution >= 0.6 is 0 Å². The zero-order valence-electron chi connectivity index (χ0n) is 20.4. The number of phenols is 1. The fourth-order valence-corrected chi connectivity index (χ4v) is 4.85. The van der Waals surface area contributed by atoms with E-state index in [9.17, 15) is 19.5 Å². The highest BCUT2D eigenvalue weighted by molar-refractivity contribution is 6.15. The molecule has 1 aromatic rings. The molecule has 4 amide bonds. The summed E-state index contributed by atoms with van der Waals surface area (Å²) in [5.41, 5.74) is 2.91. The number of hydrazine groups is 1. The maximum atomic E-state index is 13.9. The van der Waals surface area contributed by atoms with Crippen LogP contribution in [0.4, 0.5) is 4.79 Å². The molecule has 2 N–H and O–H groups in total. The van der Waals surface area contributed by atoms with Gasteiger partial charge >= 0.3 is 6.03 Å². The number of nitrogens with one attached hydrogen (secondary N) is 1. The summed E-state index contributed by atoms with van der Waals surface area (Å²) in [6.45, 7) is 8.04. The van der Waals surface area contributed by atoms with Gasteiger partial charge in [0.05, 0.1) is 18.8 Å². The summed E-state index contributed by atoms with van der Waals surface area (Å²) >= 11 is 0. The number of nitrogens with zero attached hydrogens (tertiary/aromatic N) is 5. The zero-order valence-corrected chi connectivity index (χ0v) is 20.4. The van der Waals surface area contributed by atoms with Crippen LogP contribution in [0.1, 0.15) is 5.56 Å². The number of phenolic OH excluding ortho intramolecular Hbond substituents is 1. The molecule has 0 radical (unpaired) electrons. The van der Waals surface area contributed by atoms with Crippen molar-refractivity contribution in [3.05, 3.63) is 78.6 Å². The van der Waals surface area contributed by atoms with Crippen LogP contribution in [0, 0.1) is 0 Å². The van der Waals surface area contributed by atoms with Gasteiger partial charge in [0.1, 0.15) is 18.0 Å². The molecule has 1 unspecified atom stereocenters. The van der Waals surface area contributed by atoms with Crippen LogP contribution in [0.2, 0.25) is 0 Å². The van der Waals surface area contributed by atoms with E-state index in [-0.39, 0.29) is 49.7 Å². The Bertz CT molecular complexity index is 1190. The summed E-state index contributed by atoms with van der Waals surface area (Å²) in [6, 6.07) is 5.33. The first-order valence-electron chi connectivity index (χ1n) is 11.6. The molecule has 3 aliphatic rings. The number of rotatable bonds is 5. The van der Waals surface area contributed by atoms with E-state index in [1.807, 2.05) is 18.2 Å². The number of hydrogen-bond donors (Lipinski definition) is 2. The maximum Gasteiger partial charge on any atom is 0.333 e. The molecule has 2 atom stereocenters. The van der Waals surface area contributed by atoms with Crippen molar-refractivity contribution in [2.24, 2.45) is 4.99 Å². The number of piperazine rings is 1. The first-order valence-corrected chi connectivity index (χ1v) is 11.6. The van der Waals surface area contributed by atoms with Crippen molar-refractivity contribution < 1.29 is 19.5 Å². The second kappa shape index (κ2) is 10.2. The maximum absolute atomic E-state index is 13.9. The second-order valence-electron chi connectivity index (χ2n) is 8.84. The number of benzene rings is 1. The third-order valence-electron chi connectivity index (χ3n) is 6.51. The molecule has 0 aromatic heterocycles. The fourth-order valence-electron chi connectivity index (χ4n) is 4.85. The molecule has 10 heteroatoms. The molecule has 0 saturated carbocycles. The van der Waals surface area contributed by atoms with E-state index in [2.05, 4.69) is 23.5 Å². The van der Waals surface area contributed by atoms with Crippen molar-refractivity contribution in [1.82, 2.24) is 25.1 Å². The van der Waals surface area contributed by atoms with Gasteiger partial charge in [-0.3, -0.25) is 14.6 Å². The summed E-state index contributed by atoms with van der Waals surface area (Å²) in [6.07, 6.45) is 6.54. The minimum Gasteiger partial charge on any atom is -0.508 e. The lowest BCUT2D eigenvalue weighted by Crippen LogP contribution is -2.76. The Balaban J connectivity index is 1.73. The number of aromatic hydroxyl groups is 1. The lowest BCUT2D eigenvalue weighted by molar-refractivity contribution is -0.186. The van der Waals surface area contributed by atoms with E-state index in [1.54, 1.807) is 41.2 Å². The summed E-state index contributed by atoms with van der Waals surface area (Å²) in [5, 5.41) is 15.4. The van der Waals surface area contributed by atoms with Gasteiger partial charge in [-0.05, 0) is 28.8 Å². The van der Waals surface area contributed by atoms with Crippen molar-refractivity contribution in [1.29, 1.82) is 0 Å².